The Bertz CT molecular complexity index is 947. The van der Waals surface area contributed by atoms with Gasteiger partial charge in [0, 0.05) is 11.5 Å². The zero-order chi connectivity index (χ0) is 21.9. The van der Waals surface area contributed by atoms with Crippen LogP contribution in [0.15, 0.2) is 15.6 Å². The fourth-order valence-corrected chi connectivity index (χ4v) is 7.40. The molecule has 14 heteroatoms. The Balaban J connectivity index is 1.64. The number of hydrogen-bond donors (Lipinski definition) is 3. The second kappa shape index (κ2) is 9.96. The lowest BCUT2D eigenvalue weighted by Gasteiger charge is -2.49. The molecule has 1 fully saturated rings. The smallest absolute Gasteiger partial charge is 0.352 e. The van der Waals surface area contributed by atoms with Gasteiger partial charge in [0.25, 0.3) is 10.1 Å². The largest absolute Gasteiger partial charge is 0.477 e. The molecule has 10 nitrogen and oxygen atoms in total. The molecule has 1 aromatic heterocycles. The standard InChI is InChI=1S/C16H22N4O6S4/c1-2-3-4-5-17-11-13(21)20-12(15(22)23)9(6-27-14(11)20)7-28-16-19-18-10(29-16)8-30(24,25)26/h11,14,17H,2-8H2,1H3,(H,22,23)(H,24,25,26)/t11?,14-/m1/s1. The van der Waals surface area contributed by atoms with E-state index >= 15 is 0 Å². The molecule has 3 rings (SSSR count). The lowest BCUT2D eigenvalue weighted by Crippen LogP contribution is -2.70. The van der Waals surface area contributed by atoms with E-state index in [2.05, 4.69) is 22.4 Å². The van der Waals surface area contributed by atoms with Crippen molar-refractivity contribution in [3.63, 3.8) is 0 Å². The minimum Gasteiger partial charge on any atom is -0.477 e. The first-order valence-corrected chi connectivity index (χ1v) is 13.7. The summed E-state index contributed by atoms with van der Waals surface area (Å²) >= 11 is 3.77. The fourth-order valence-electron chi connectivity index (χ4n) is 3.14. The van der Waals surface area contributed by atoms with Crippen LogP contribution in [0, 0.1) is 0 Å². The predicted octanol–water partition coefficient (Wildman–Crippen LogP) is 1.42. The zero-order valence-electron chi connectivity index (χ0n) is 16.1. The average Bonchev–Trinajstić information content (AvgIpc) is 3.10. The normalized spacial score (nSPS) is 21.5. The summed E-state index contributed by atoms with van der Waals surface area (Å²) in [5.41, 5.74) is 0.628. The van der Waals surface area contributed by atoms with Crippen LogP contribution in [0.5, 0.6) is 0 Å². The van der Waals surface area contributed by atoms with Crippen LogP contribution in [0.4, 0.5) is 0 Å². The SMILES string of the molecule is CCCCCNC1C(=O)N2C(C(=O)O)=C(CSc3nnc(CS(=O)(=O)O)s3)CS[C@H]12. The number of carbonyl (C=O) groups is 2. The van der Waals surface area contributed by atoms with Gasteiger partial charge in [-0.25, -0.2) is 4.79 Å². The van der Waals surface area contributed by atoms with E-state index in [9.17, 15) is 23.1 Å². The Hall–Kier alpha value is -1.19. The Morgan fingerprint density at radius 2 is 2.13 bits per heavy atom. The number of hydrogen-bond acceptors (Lipinski definition) is 10. The molecule has 0 aliphatic carbocycles. The van der Waals surface area contributed by atoms with Crippen LogP contribution < -0.4 is 5.32 Å². The van der Waals surface area contributed by atoms with Crippen molar-refractivity contribution in [1.82, 2.24) is 20.4 Å². The Morgan fingerprint density at radius 3 is 2.80 bits per heavy atom. The van der Waals surface area contributed by atoms with E-state index in [0.29, 0.717) is 21.4 Å². The van der Waals surface area contributed by atoms with Crippen LogP contribution in [0.1, 0.15) is 31.2 Å². The first-order chi connectivity index (χ1) is 14.2. The van der Waals surface area contributed by atoms with Gasteiger partial charge in [0.2, 0.25) is 5.91 Å². The number of fused-ring (bicyclic) bond motifs is 1. The van der Waals surface area contributed by atoms with Gasteiger partial charge in [0.05, 0.1) is 0 Å². The molecule has 1 aromatic rings. The number of unbranched alkanes of at least 4 members (excludes halogenated alkanes) is 2. The molecule has 2 atom stereocenters. The van der Waals surface area contributed by atoms with E-state index in [-0.39, 0.29) is 28.0 Å². The van der Waals surface area contributed by atoms with Crippen molar-refractivity contribution >= 4 is 56.9 Å². The predicted molar refractivity (Wildman–Crippen MR) is 115 cm³/mol. The second-order valence-electron chi connectivity index (χ2n) is 6.78. The van der Waals surface area contributed by atoms with Crippen LogP contribution >= 0.6 is 34.9 Å². The summed E-state index contributed by atoms with van der Waals surface area (Å²) in [6.07, 6.45) is 3.14. The summed E-state index contributed by atoms with van der Waals surface area (Å²) in [6.45, 7) is 2.83. The number of aromatic nitrogens is 2. The molecule has 166 valence electrons. The van der Waals surface area contributed by atoms with Gasteiger partial charge in [-0.15, -0.1) is 22.0 Å². The molecular weight excluding hydrogens is 472 g/mol. The molecule has 2 aliphatic heterocycles. The van der Waals surface area contributed by atoms with E-state index in [4.69, 9.17) is 4.55 Å². The van der Waals surface area contributed by atoms with Crippen molar-refractivity contribution in [1.29, 1.82) is 0 Å². The molecule has 0 saturated carbocycles. The van der Waals surface area contributed by atoms with Crippen molar-refractivity contribution in [2.45, 2.75) is 47.7 Å². The summed E-state index contributed by atoms with van der Waals surface area (Å²) in [5, 5.41) is 20.5. The maximum atomic E-state index is 12.6. The van der Waals surface area contributed by atoms with E-state index in [1.807, 2.05) is 0 Å². The third kappa shape index (κ3) is 5.53. The summed E-state index contributed by atoms with van der Waals surface area (Å²) in [7, 11) is -4.19. The Morgan fingerprint density at radius 1 is 1.37 bits per heavy atom. The quantitative estimate of drug-likeness (QED) is 0.177. The maximum absolute atomic E-state index is 12.6. The van der Waals surface area contributed by atoms with Gasteiger partial charge < -0.3 is 10.4 Å². The summed E-state index contributed by atoms with van der Waals surface area (Å²) in [6, 6.07) is -0.360. The summed E-state index contributed by atoms with van der Waals surface area (Å²) in [5.74, 6) is -1.21. The molecule has 1 amide bonds. The van der Waals surface area contributed by atoms with Gasteiger partial charge in [-0.1, -0.05) is 42.9 Å². The Kier molecular flexibility index (Phi) is 7.79. The van der Waals surface area contributed by atoms with Crippen LogP contribution in [-0.4, -0.2) is 74.5 Å². The number of rotatable bonds is 11. The van der Waals surface area contributed by atoms with Crippen molar-refractivity contribution < 1.29 is 27.7 Å². The molecule has 2 aliphatic rings. The van der Waals surface area contributed by atoms with E-state index in [1.54, 1.807) is 0 Å². The van der Waals surface area contributed by atoms with Gasteiger partial charge in [-0.2, -0.15) is 8.42 Å². The van der Waals surface area contributed by atoms with Crippen LogP contribution in [-0.2, 0) is 25.5 Å². The second-order valence-corrected chi connectivity index (χ2v) is 11.6. The van der Waals surface area contributed by atoms with E-state index < -0.39 is 21.8 Å². The molecular formula is C16H22N4O6S4. The highest BCUT2D eigenvalue weighted by Gasteiger charge is 2.53. The molecule has 0 aromatic carbocycles. The molecule has 3 N–H and O–H groups in total. The Labute approximate surface area is 186 Å². The number of thioether (sulfide) groups is 2. The average molecular weight is 495 g/mol. The van der Waals surface area contributed by atoms with E-state index in [1.165, 1.54) is 28.4 Å². The summed E-state index contributed by atoms with van der Waals surface area (Å²) < 4.78 is 31.2. The molecule has 0 radical (unpaired) electrons. The van der Waals surface area contributed by atoms with Crippen molar-refractivity contribution in [3.8, 4) is 0 Å². The van der Waals surface area contributed by atoms with Crippen molar-refractivity contribution in [2.24, 2.45) is 0 Å². The van der Waals surface area contributed by atoms with Gasteiger partial charge >= 0.3 is 5.97 Å². The van der Waals surface area contributed by atoms with Gasteiger partial charge in [0.1, 0.15) is 27.9 Å². The molecule has 1 saturated heterocycles. The number of nitrogens with zero attached hydrogens (tertiary/aromatic N) is 3. The number of carboxylic acid groups (broad SMARTS) is 1. The monoisotopic (exact) mass is 494 g/mol. The van der Waals surface area contributed by atoms with Gasteiger partial charge in [-0.05, 0) is 18.5 Å². The minimum absolute atomic E-state index is 0.0190. The highest BCUT2D eigenvalue weighted by Crippen LogP contribution is 2.41. The molecule has 3 heterocycles. The topological polar surface area (TPSA) is 150 Å². The first-order valence-electron chi connectivity index (χ1n) is 9.25. The van der Waals surface area contributed by atoms with Crippen molar-refractivity contribution in [3.05, 3.63) is 16.3 Å². The van der Waals surface area contributed by atoms with Gasteiger partial charge in [-0.3, -0.25) is 14.2 Å². The highest BCUT2D eigenvalue weighted by molar-refractivity contribution is 8.01. The highest BCUT2D eigenvalue weighted by atomic mass is 32.2. The summed E-state index contributed by atoms with van der Waals surface area (Å²) in [4.78, 5) is 25.8. The number of carbonyl (C=O) groups excluding carboxylic acids is 1. The number of aliphatic carboxylic acids is 1. The van der Waals surface area contributed by atoms with Crippen LogP contribution in [0.3, 0.4) is 0 Å². The zero-order valence-corrected chi connectivity index (χ0v) is 19.4. The number of β-lactam (4-membered cyclic amide) rings is 1. The number of nitrogens with one attached hydrogen (secondary N) is 1. The van der Waals surface area contributed by atoms with Gasteiger partial charge in [0.15, 0.2) is 4.34 Å². The lowest BCUT2D eigenvalue weighted by atomic mass is 10.0. The molecule has 30 heavy (non-hydrogen) atoms. The lowest BCUT2D eigenvalue weighted by molar-refractivity contribution is -0.149. The minimum atomic E-state index is -4.19. The molecule has 0 spiro atoms. The first kappa shape index (κ1) is 23.5. The molecule has 1 unspecified atom stereocenters. The van der Waals surface area contributed by atoms with Crippen LogP contribution in [0.25, 0.3) is 0 Å². The third-order valence-electron chi connectivity index (χ3n) is 4.52. The van der Waals surface area contributed by atoms with E-state index in [0.717, 1.165) is 37.1 Å². The number of carboxylic acids is 1. The van der Waals surface area contributed by atoms with Crippen LogP contribution in [0.2, 0.25) is 0 Å². The van der Waals surface area contributed by atoms with Crippen molar-refractivity contribution in [2.75, 3.05) is 18.1 Å². The maximum Gasteiger partial charge on any atom is 0.352 e. The fraction of sp³-hybridized carbons (Fsp3) is 0.625. The number of amides is 1. The third-order valence-corrected chi connectivity index (χ3v) is 8.82. The molecule has 0 bridgehead atoms.